The van der Waals surface area contributed by atoms with E-state index in [2.05, 4.69) is 46.0 Å². The van der Waals surface area contributed by atoms with Crippen LogP contribution in [0.25, 0.3) is 0 Å². The predicted molar refractivity (Wildman–Crippen MR) is 102 cm³/mol. The Kier molecular flexibility index (Phi) is 6.52. The van der Waals surface area contributed by atoms with Gasteiger partial charge in [-0.3, -0.25) is 0 Å². The van der Waals surface area contributed by atoms with Gasteiger partial charge in [-0.25, -0.2) is 0 Å². The maximum Gasteiger partial charge on any atom is 0.0314 e. The fourth-order valence-corrected chi connectivity index (χ4v) is 4.00. The lowest BCUT2D eigenvalue weighted by Crippen LogP contribution is -2.45. The van der Waals surface area contributed by atoms with E-state index in [4.69, 9.17) is 5.73 Å². The summed E-state index contributed by atoms with van der Waals surface area (Å²) in [4.78, 5) is 7.75. The van der Waals surface area contributed by atoms with Crippen LogP contribution in [0.2, 0.25) is 0 Å². The molecule has 1 aromatic rings. The van der Waals surface area contributed by atoms with Gasteiger partial charge in [0, 0.05) is 38.4 Å². The molecule has 2 N–H and O–H groups in total. The second-order valence-electron chi connectivity index (χ2n) is 7.66. The highest BCUT2D eigenvalue weighted by Gasteiger charge is 2.20. The molecule has 1 unspecified atom stereocenters. The van der Waals surface area contributed by atoms with E-state index in [1.807, 2.05) is 0 Å². The Morgan fingerprint density at radius 3 is 2.21 bits per heavy atom. The Balaban J connectivity index is 1.59. The Labute approximate surface area is 147 Å². The third kappa shape index (κ3) is 5.20. The minimum atomic E-state index is 0.628. The number of nitrogen functional groups attached to an aromatic ring is 1. The topological polar surface area (TPSA) is 35.7 Å². The molecule has 24 heavy (non-hydrogen) atoms. The van der Waals surface area contributed by atoms with Crippen LogP contribution in [0, 0.1) is 0 Å². The van der Waals surface area contributed by atoms with Gasteiger partial charge in [-0.05, 0) is 69.6 Å². The zero-order valence-electron chi connectivity index (χ0n) is 15.3. The van der Waals surface area contributed by atoms with Gasteiger partial charge in [0.1, 0.15) is 0 Å². The molecule has 134 valence electrons. The molecule has 2 fully saturated rings. The van der Waals surface area contributed by atoms with Crippen LogP contribution in [-0.4, -0.2) is 74.1 Å². The molecular formula is C20H34N4. The monoisotopic (exact) mass is 330 g/mol. The van der Waals surface area contributed by atoms with Gasteiger partial charge < -0.3 is 20.4 Å². The summed E-state index contributed by atoms with van der Waals surface area (Å²) in [6, 6.07) is 8.62. The van der Waals surface area contributed by atoms with Crippen LogP contribution in [-0.2, 0) is 0 Å². The SMILES string of the molecule is CN1CCN(CCC(CN2CCCCC2)c2ccc(N)cc2)CC1. The summed E-state index contributed by atoms with van der Waals surface area (Å²) in [6.07, 6.45) is 5.40. The van der Waals surface area contributed by atoms with Crippen LogP contribution in [0.5, 0.6) is 0 Å². The number of nitrogens with zero attached hydrogens (tertiary/aromatic N) is 3. The molecule has 2 aliphatic rings. The highest BCUT2D eigenvalue weighted by molar-refractivity contribution is 5.40. The molecule has 2 heterocycles. The number of hydrogen-bond donors (Lipinski definition) is 1. The van der Waals surface area contributed by atoms with Gasteiger partial charge in [-0.15, -0.1) is 0 Å². The molecule has 0 aliphatic carbocycles. The van der Waals surface area contributed by atoms with Crippen molar-refractivity contribution >= 4 is 5.69 Å². The third-order valence-electron chi connectivity index (χ3n) is 5.72. The van der Waals surface area contributed by atoms with Crippen molar-refractivity contribution in [2.75, 3.05) is 65.1 Å². The summed E-state index contributed by atoms with van der Waals surface area (Å²) >= 11 is 0. The summed E-state index contributed by atoms with van der Waals surface area (Å²) in [5, 5.41) is 0. The first-order chi connectivity index (χ1) is 11.7. The van der Waals surface area contributed by atoms with Crippen molar-refractivity contribution in [3.05, 3.63) is 29.8 Å². The lowest BCUT2D eigenvalue weighted by atomic mass is 9.93. The number of likely N-dealkylation sites (tertiary alicyclic amines) is 1. The van der Waals surface area contributed by atoms with E-state index in [0.717, 1.165) is 5.69 Å². The molecule has 0 radical (unpaired) electrons. The number of anilines is 1. The largest absolute Gasteiger partial charge is 0.399 e. The smallest absolute Gasteiger partial charge is 0.0314 e. The summed E-state index contributed by atoms with van der Waals surface area (Å²) in [5.41, 5.74) is 8.22. The van der Waals surface area contributed by atoms with Crippen molar-refractivity contribution < 1.29 is 0 Å². The van der Waals surface area contributed by atoms with E-state index in [1.165, 1.54) is 83.6 Å². The Morgan fingerprint density at radius 2 is 1.54 bits per heavy atom. The van der Waals surface area contributed by atoms with Gasteiger partial charge in [-0.2, -0.15) is 0 Å². The Morgan fingerprint density at radius 1 is 0.875 bits per heavy atom. The average Bonchev–Trinajstić information content (AvgIpc) is 2.62. The zero-order chi connectivity index (χ0) is 16.8. The van der Waals surface area contributed by atoms with Gasteiger partial charge in [0.2, 0.25) is 0 Å². The van der Waals surface area contributed by atoms with Crippen LogP contribution in [0.1, 0.15) is 37.2 Å². The van der Waals surface area contributed by atoms with Gasteiger partial charge >= 0.3 is 0 Å². The number of likely N-dealkylation sites (N-methyl/N-ethyl adjacent to an activating group) is 1. The molecule has 0 spiro atoms. The van der Waals surface area contributed by atoms with E-state index < -0.39 is 0 Å². The molecule has 0 aromatic heterocycles. The van der Waals surface area contributed by atoms with Crippen LogP contribution < -0.4 is 5.73 Å². The first-order valence-electron chi connectivity index (χ1n) is 9.69. The maximum atomic E-state index is 5.89. The van der Waals surface area contributed by atoms with Crippen LogP contribution in [0.3, 0.4) is 0 Å². The third-order valence-corrected chi connectivity index (χ3v) is 5.72. The Hall–Kier alpha value is -1.10. The van der Waals surface area contributed by atoms with Crippen molar-refractivity contribution in [2.24, 2.45) is 0 Å². The number of benzene rings is 1. The van der Waals surface area contributed by atoms with Crippen molar-refractivity contribution in [2.45, 2.75) is 31.6 Å². The highest BCUT2D eigenvalue weighted by atomic mass is 15.2. The summed E-state index contributed by atoms with van der Waals surface area (Å²) in [7, 11) is 2.23. The van der Waals surface area contributed by atoms with Crippen LogP contribution in [0.4, 0.5) is 5.69 Å². The average molecular weight is 331 g/mol. The maximum absolute atomic E-state index is 5.89. The second kappa shape index (κ2) is 8.84. The van der Waals surface area contributed by atoms with Crippen molar-refractivity contribution in [1.29, 1.82) is 0 Å². The molecule has 2 aliphatic heterocycles. The van der Waals surface area contributed by atoms with E-state index in [0.29, 0.717) is 5.92 Å². The van der Waals surface area contributed by atoms with Crippen molar-refractivity contribution in [3.8, 4) is 0 Å². The predicted octanol–water partition coefficient (Wildman–Crippen LogP) is 2.48. The minimum absolute atomic E-state index is 0.628. The number of piperazine rings is 1. The highest BCUT2D eigenvalue weighted by Crippen LogP contribution is 2.24. The summed E-state index contributed by atoms with van der Waals surface area (Å²) in [6.45, 7) is 9.83. The van der Waals surface area contributed by atoms with E-state index in [-0.39, 0.29) is 0 Å². The summed E-state index contributed by atoms with van der Waals surface area (Å²) in [5.74, 6) is 0.628. The van der Waals surface area contributed by atoms with Crippen LogP contribution >= 0.6 is 0 Å². The number of hydrogen-bond acceptors (Lipinski definition) is 4. The van der Waals surface area contributed by atoms with Gasteiger partial charge in [-0.1, -0.05) is 18.6 Å². The standard InChI is InChI=1S/C20H34N4/c1-22-13-15-23(16-14-22)12-9-19(17-24-10-3-2-4-11-24)18-5-7-20(21)8-6-18/h5-8,19H,2-4,9-17,21H2,1H3. The molecule has 0 saturated carbocycles. The lowest BCUT2D eigenvalue weighted by Gasteiger charge is -2.35. The fourth-order valence-electron chi connectivity index (χ4n) is 4.00. The number of piperidine rings is 1. The van der Waals surface area contributed by atoms with Gasteiger partial charge in [0.25, 0.3) is 0 Å². The number of nitrogens with two attached hydrogens (primary N) is 1. The molecule has 3 rings (SSSR count). The second-order valence-corrected chi connectivity index (χ2v) is 7.66. The fraction of sp³-hybridized carbons (Fsp3) is 0.700. The van der Waals surface area contributed by atoms with Crippen molar-refractivity contribution in [1.82, 2.24) is 14.7 Å². The molecule has 4 nitrogen and oxygen atoms in total. The molecule has 2 saturated heterocycles. The quantitative estimate of drug-likeness (QED) is 0.813. The molecule has 1 aromatic carbocycles. The van der Waals surface area contributed by atoms with Gasteiger partial charge in [0.05, 0.1) is 0 Å². The van der Waals surface area contributed by atoms with Crippen molar-refractivity contribution in [3.63, 3.8) is 0 Å². The first-order valence-corrected chi connectivity index (χ1v) is 9.69. The van der Waals surface area contributed by atoms with E-state index in [9.17, 15) is 0 Å². The van der Waals surface area contributed by atoms with E-state index in [1.54, 1.807) is 0 Å². The molecular weight excluding hydrogens is 296 g/mol. The first kappa shape index (κ1) is 17.7. The molecule has 4 heteroatoms. The zero-order valence-corrected chi connectivity index (χ0v) is 15.3. The normalized spacial score (nSPS) is 22.5. The molecule has 1 atom stereocenters. The van der Waals surface area contributed by atoms with Crippen LogP contribution in [0.15, 0.2) is 24.3 Å². The minimum Gasteiger partial charge on any atom is -0.399 e. The number of rotatable bonds is 6. The lowest BCUT2D eigenvalue weighted by molar-refractivity contribution is 0.144. The molecule has 0 bridgehead atoms. The van der Waals surface area contributed by atoms with Gasteiger partial charge in [0.15, 0.2) is 0 Å². The van der Waals surface area contributed by atoms with E-state index >= 15 is 0 Å². The summed E-state index contributed by atoms with van der Waals surface area (Å²) < 4.78 is 0. The molecule has 0 amide bonds. The Bertz CT molecular complexity index is 473.